The first kappa shape index (κ1) is 24.2. The molecule has 6 rings (SSSR count). The Morgan fingerprint density at radius 2 is 1.67 bits per heavy atom. The van der Waals surface area contributed by atoms with Crippen LogP contribution in [0.4, 0.5) is 5.69 Å². The van der Waals surface area contributed by atoms with Gasteiger partial charge >= 0.3 is 0 Å². The van der Waals surface area contributed by atoms with Crippen molar-refractivity contribution in [2.24, 2.45) is 16.5 Å². The number of carbonyl (C=O) groups excluding carboxylic acids is 3. The van der Waals surface area contributed by atoms with Gasteiger partial charge in [0.05, 0.1) is 23.5 Å². The molecule has 0 saturated carbocycles. The van der Waals surface area contributed by atoms with Crippen LogP contribution in [0.1, 0.15) is 36.6 Å². The van der Waals surface area contributed by atoms with Gasteiger partial charge < -0.3 is 26.8 Å². The number of nitrogens with one attached hydrogen (secondary N) is 1. The Hall–Kier alpha value is -5.18. The Kier molecular flexibility index (Phi) is 5.76. The summed E-state index contributed by atoms with van der Waals surface area (Å²) in [7, 11) is 0. The van der Waals surface area contributed by atoms with E-state index in [-0.39, 0.29) is 17.4 Å². The Labute approximate surface area is 223 Å². The number of hydrogen-bond donors (Lipinski definition) is 4. The lowest BCUT2D eigenvalue weighted by Gasteiger charge is -2.15. The number of rotatable bonds is 7. The molecule has 2 heterocycles. The summed E-state index contributed by atoms with van der Waals surface area (Å²) in [5.41, 5.74) is 13.9. The van der Waals surface area contributed by atoms with Gasteiger partial charge in [0.1, 0.15) is 5.75 Å². The van der Waals surface area contributed by atoms with Crippen molar-refractivity contribution >= 4 is 39.9 Å². The summed E-state index contributed by atoms with van der Waals surface area (Å²) in [5, 5.41) is 17.6. The van der Waals surface area contributed by atoms with Crippen LogP contribution in [0.15, 0.2) is 77.8 Å². The summed E-state index contributed by atoms with van der Waals surface area (Å²) in [4.78, 5) is 43.0. The zero-order chi connectivity index (χ0) is 27.3. The fourth-order valence-corrected chi connectivity index (χ4v) is 5.18. The zero-order valence-corrected chi connectivity index (χ0v) is 20.8. The van der Waals surface area contributed by atoms with Crippen molar-refractivity contribution in [2.75, 3.05) is 18.4 Å². The molecule has 0 spiro atoms. The number of hydrogen-bond acceptors (Lipinski definition) is 6. The molecule has 1 saturated heterocycles. The highest BCUT2D eigenvalue weighted by Gasteiger charge is 2.38. The monoisotopic (exact) mass is 519 g/mol. The van der Waals surface area contributed by atoms with Crippen LogP contribution >= 0.6 is 0 Å². The van der Waals surface area contributed by atoms with E-state index in [0.717, 1.165) is 33.6 Å². The summed E-state index contributed by atoms with van der Waals surface area (Å²) in [6.45, 7) is 1.28. The number of aromatic hydroxyl groups is 1. The third kappa shape index (κ3) is 4.44. The molecule has 4 aromatic rings. The number of anilines is 1. The molecule has 0 aromatic heterocycles. The standard InChI is InChI=1S/C30H25N5O4/c31-28(37)16-5-8-19(9-6-16)34-30(39)24-11-17-3-1-2-4-21(17)22(27(24)36)13-20-15-35(20)26-14-33-25-10-7-18(29(32)38)12-23(25)26/h1-12,20,36H,13-15H2,(H2,31,37)(H2,32,38)(H,34,39). The van der Waals surface area contributed by atoms with Gasteiger partial charge in [0.2, 0.25) is 11.8 Å². The number of nitrogens with two attached hydrogens (primary N) is 2. The maximum atomic E-state index is 13.2. The van der Waals surface area contributed by atoms with E-state index < -0.39 is 17.7 Å². The lowest BCUT2D eigenvalue weighted by molar-refractivity contribution is 0.0991. The summed E-state index contributed by atoms with van der Waals surface area (Å²) < 4.78 is 0. The van der Waals surface area contributed by atoms with Crippen LogP contribution in [0.5, 0.6) is 5.75 Å². The normalized spacial score (nSPS) is 15.5. The Bertz CT molecular complexity index is 1810. The molecule has 1 atom stereocenters. The van der Waals surface area contributed by atoms with Crippen LogP contribution in [0.25, 0.3) is 16.5 Å². The van der Waals surface area contributed by atoms with E-state index in [4.69, 9.17) is 11.5 Å². The molecule has 194 valence electrons. The second-order valence-electron chi connectivity index (χ2n) is 9.74. The fraction of sp³-hybridized carbons (Fsp3) is 0.133. The molecule has 0 bridgehead atoms. The smallest absolute Gasteiger partial charge is 0.259 e. The molecule has 2 aliphatic rings. The highest BCUT2D eigenvalue weighted by molar-refractivity contribution is 6.09. The summed E-state index contributed by atoms with van der Waals surface area (Å²) in [6, 6.07) is 20.9. The number of fused-ring (bicyclic) bond motifs is 2. The molecule has 0 radical (unpaired) electrons. The Morgan fingerprint density at radius 3 is 2.41 bits per heavy atom. The predicted molar refractivity (Wildman–Crippen MR) is 147 cm³/mol. The van der Waals surface area contributed by atoms with Crippen LogP contribution in [0.3, 0.4) is 0 Å². The van der Waals surface area contributed by atoms with Crippen molar-refractivity contribution in [2.45, 2.75) is 12.5 Å². The van der Waals surface area contributed by atoms with Crippen LogP contribution in [0.2, 0.25) is 0 Å². The van der Waals surface area contributed by atoms with Crippen molar-refractivity contribution in [3.05, 3.63) is 106 Å². The van der Waals surface area contributed by atoms with Crippen LogP contribution in [0, 0.1) is 0 Å². The van der Waals surface area contributed by atoms with Gasteiger partial charge in [-0.1, -0.05) is 24.3 Å². The minimum atomic E-state index is -0.556. The molecule has 1 unspecified atom stereocenters. The molecule has 9 heteroatoms. The average molecular weight is 520 g/mol. The number of carbonyl (C=O) groups is 3. The van der Waals surface area contributed by atoms with E-state index >= 15 is 0 Å². The molecule has 9 nitrogen and oxygen atoms in total. The third-order valence-corrected chi connectivity index (χ3v) is 7.29. The van der Waals surface area contributed by atoms with Crippen LogP contribution in [-0.2, 0) is 6.42 Å². The number of nitrogens with zero attached hydrogens (tertiary/aromatic N) is 2. The topological polar surface area (TPSA) is 151 Å². The van der Waals surface area contributed by atoms with Gasteiger partial charge in [-0.15, -0.1) is 0 Å². The number of primary amides is 2. The first-order valence-corrected chi connectivity index (χ1v) is 12.5. The van der Waals surface area contributed by atoms with Gasteiger partial charge in [0.15, 0.2) is 0 Å². The molecular formula is C30H25N5O4. The molecule has 1 fully saturated rings. The van der Waals surface area contributed by atoms with E-state index in [1.165, 1.54) is 12.1 Å². The largest absolute Gasteiger partial charge is 0.507 e. The average Bonchev–Trinajstić information content (AvgIpc) is 3.56. The van der Waals surface area contributed by atoms with Crippen molar-refractivity contribution in [3.8, 4) is 5.75 Å². The number of phenols is 1. The van der Waals surface area contributed by atoms with Crippen molar-refractivity contribution in [1.29, 1.82) is 0 Å². The van der Waals surface area contributed by atoms with E-state index in [9.17, 15) is 19.5 Å². The number of phenolic OH excluding ortho intramolecular Hbond substituents is 1. The van der Waals surface area contributed by atoms with Gasteiger partial charge in [0.25, 0.3) is 5.91 Å². The van der Waals surface area contributed by atoms with Gasteiger partial charge in [-0.2, -0.15) is 0 Å². The summed E-state index contributed by atoms with van der Waals surface area (Å²) in [6.07, 6.45) is 0.523. The predicted octanol–water partition coefficient (Wildman–Crippen LogP) is 1.66. The van der Waals surface area contributed by atoms with Gasteiger partial charge in [0, 0.05) is 39.8 Å². The molecule has 39 heavy (non-hydrogen) atoms. The maximum Gasteiger partial charge on any atom is 0.259 e. The highest BCUT2D eigenvalue weighted by Crippen LogP contribution is 2.37. The van der Waals surface area contributed by atoms with Gasteiger partial charge in [-0.05, 0) is 65.7 Å². The van der Waals surface area contributed by atoms with Crippen molar-refractivity contribution in [1.82, 2.24) is 4.90 Å². The SMILES string of the molecule is NC(=O)c1ccc(NC(=O)c2cc3ccccc3c(CC3CN3C3=c4cc(C(N)=O)ccc4=NC3)c2O)cc1. The Balaban J connectivity index is 1.30. The number of benzene rings is 4. The first-order chi connectivity index (χ1) is 18.8. The van der Waals surface area contributed by atoms with Crippen molar-refractivity contribution < 1.29 is 19.5 Å². The van der Waals surface area contributed by atoms with Crippen LogP contribution in [-0.4, -0.2) is 46.9 Å². The minimum absolute atomic E-state index is 0.0654. The fourth-order valence-electron chi connectivity index (χ4n) is 5.18. The quantitative estimate of drug-likeness (QED) is 0.274. The first-order valence-electron chi connectivity index (χ1n) is 12.5. The maximum absolute atomic E-state index is 13.2. The molecule has 0 aliphatic carbocycles. The van der Waals surface area contributed by atoms with E-state index in [0.29, 0.717) is 35.3 Å². The van der Waals surface area contributed by atoms with Crippen molar-refractivity contribution in [3.63, 3.8) is 0 Å². The third-order valence-electron chi connectivity index (χ3n) is 7.29. The lowest BCUT2D eigenvalue weighted by atomic mass is 9.95. The summed E-state index contributed by atoms with van der Waals surface area (Å²) in [5.74, 6) is -1.57. The van der Waals surface area contributed by atoms with Gasteiger partial charge in [-0.25, -0.2) is 0 Å². The number of amides is 3. The van der Waals surface area contributed by atoms with Crippen LogP contribution < -0.4 is 27.4 Å². The highest BCUT2D eigenvalue weighted by atomic mass is 16.3. The van der Waals surface area contributed by atoms with E-state index in [1.807, 2.05) is 30.3 Å². The molecule has 3 amide bonds. The zero-order valence-electron chi connectivity index (χ0n) is 20.8. The molecule has 2 aliphatic heterocycles. The van der Waals surface area contributed by atoms with Gasteiger partial charge in [-0.3, -0.25) is 19.4 Å². The minimum Gasteiger partial charge on any atom is -0.507 e. The molecule has 6 N–H and O–H groups in total. The van der Waals surface area contributed by atoms with E-state index in [2.05, 4.69) is 15.2 Å². The van der Waals surface area contributed by atoms with E-state index in [1.54, 1.807) is 30.3 Å². The Morgan fingerprint density at radius 1 is 0.949 bits per heavy atom. The summed E-state index contributed by atoms with van der Waals surface area (Å²) >= 11 is 0. The second kappa shape index (κ2) is 9.29. The molecule has 4 aromatic carbocycles. The molecular weight excluding hydrogens is 494 g/mol. The lowest BCUT2D eigenvalue weighted by Crippen LogP contribution is -2.28. The second-order valence-corrected chi connectivity index (χ2v) is 9.74.